The molecule has 0 saturated heterocycles. The van der Waals surface area contributed by atoms with Gasteiger partial charge in [0.05, 0.1) is 16.8 Å². The molecule has 2 heterocycles. The van der Waals surface area contributed by atoms with Crippen LogP contribution in [0.25, 0.3) is 33.1 Å². The molecule has 4 aromatic rings. The van der Waals surface area contributed by atoms with E-state index in [1.807, 2.05) is 31.2 Å². The zero-order valence-electron chi connectivity index (χ0n) is 19.9. The Labute approximate surface area is 200 Å². The first-order chi connectivity index (χ1) is 16.3. The van der Waals surface area contributed by atoms with Gasteiger partial charge in [0.25, 0.3) is 0 Å². The van der Waals surface area contributed by atoms with E-state index in [0.717, 1.165) is 33.4 Å². The number of hydrogen-bond donors (Lipinski definition) is 1. The van der Waals surface area contributed by atoms with Crippen molar-refractivity contribution in [3.63, 3.8) is 0 Å². The molecule has 0 fully saturated rings. The smallest absolute Gasteiger partial charge is 0.213 e. The average Bonchev–Trinajstić information content (AvgIpc) is 3.20. The lowest BCUT2D eigenvalue weighted by Crippen LogP contribution is -2.25. The van der Waals surface area contributed by atoms with E-state index in [1.54, 1.807) is 14.1 Å². The minimum Gasteiger partial charge on any atom is -0.382 e. The Bertz CT molecular complexity index is 1400. The van der Waals surface area contributed by atoms with Crippen LogP contribution in [0.2, 0.25) is 0 Å². The van der Waals surface area contributed by atoms with Crippen LogP contribution >= 0.6 is 0 Å². The third-order valence-corrected chi connectivity index (χ3v) is 7.83. The zero-order valence-corrected chi connectivity index (χ0v) is 20.7. The first-order valence-electron chi connectivity index (χ1n) is 11.4. The minimum atomic E-state index is -3.22. The molecule has 4 rings (SSSR count). The summed E-state index contributed by atoms with van der Waals surface area (Å²) in [5, 5.41) is 0.958. The summed E-state index contributed by atoms with van der Waals surface area (Å²) in [6.45, 7) is 3.47. The van der Waals surface area contributed by atoms with Crippen LogP contribution in [0, 0.1) is 0 Å². The highest BCUT2D eigenvalue weighted by atomic mass is 32.2. The van der Waals surface area contributed by atoms with Gasteiger partial charge in [0.15, 0.2) is 5.82 Å². The maximum Gasteiger partial charge on any atom is 0.213 e. The molecule has 2 aromatic carbocycles. The van der Waals surface area contributed by atoms with E-state index in [4.69, 9.17) is 15.5 Å². The van der Waals surface area contributed by atoms with Gasteiger partial charge in [-0.15, -0.1) is 0 Å². The molecule has 0 spiro atoms. The third-order valence-electron chi connectivity index (χ3n) is 5.92. The van der Waals surface area contributed by atoms with Crippen LogP contribution in [0.15, 0.2) is 48.5 Å². The second-order valence-electron chi connectivity index (χ2n) is 8.41. The van der Waals surface area contributed by atoms with Gasteiger partial charge in [0.2, 0.25) is 10.0 Å². The Morgan fingerprint density at radius 2 is 1.79 bits per heavy atom. The number of imidazole rings is 1. The number of nitrogen functional groups attached to an aromatic ring is 1. The maximum atomic E-state index is 12.1. The number of hydrogen-bond acceptors (Lipinski definition) is 6. The lowest BCUT2D eigenvalue weighted by Gasteiger charge is -2.13. The standard InChI is InChI=1S/C25H31N5O3S/c1-4-33-17-22-28-23-24(30(22)14-8-9-15-34(31,32)29(2)3)20-13-12-19(16-21(20)27-25(23)26)18-10-6-5-7-11-18/h5-7,10-13,16H,4,8-9,14-15,17H2,1-3H3,(H2,26,27). The van der Waals surface area contributed by atoms with Gasteiger partial charge in [0, 0.05) is 32.6 Å². The van der Waals surface area contributed by atoms with Crippen molar-refractivity contribution in [1.29, 1.82) is 0 Å². The second-order valence-corrected chi connectivity index (χ2v) is 10.7. The number of anilines is 1. The van der Waals surface area contributed by atoms with Gasteiger partial charge in [-0.05, 0) is 37.0 Å². The molecule has 2 N–H and O–H groups in total. The largest absolute Gasteiger partial charge is 0.382 e. The maximum absolute atomic E-state index is 12.1. The average molecular weight is 482 g/mol. The number of aryl methyl sites for hydroxylation is 1. The molecule has 0 radical (unpaired) electrons. The van der Waals surface area contributed by atoms with Crippen LogP contribution in [0.1, 0.15) is 25.6 Å². The van der Waals surface area contributed by atoms with Gasteiger partial charge < -0.3 is 15.0 Å². The molecule has 0 bridgehead atoms. The summed E-state index contributed by atoms with van der Waals surface area (Å²) in [6, 6.07) is 16.3. The highest BCUT2D eigenvalue weighted by Gasteiger charge is 2.19. The van der Waals surface area contributed by atoms with E-state index < -0.39 is 10.0 Å². The molecule has 34 heavy (non-hydrogen) atoms. The molecule has 0 atom stereocenters. The number of unbranched alkanes of at least 4 members (excludes halogenated alkanes) is 1. The van der Waals surface area contributed by atoms with Gasteiger partial charge in [0.1, 0.15) is 17.9 Å². The Balaban J connectivity index is 1.75. The molecule has 0 amide bonds. The summed E-state index contributed by atoms with van der Waals surface area (Å²) >= 11 is 0. The highest BCUT2D eigenvalue weighted by molar-refractivity contribution is 7.89. The fraction of sp³-hybridized carbons (Fsp3) is 0.360. The van der Waals surface area contributed by atoms with Gasteiger partial charge >= 0.3 is 0 Å². The number of fused-ring (bicyclic) bond motifs is 3. The van der Waals surface area contributed by atoms with E-state index in [-0.39, 0.29) is 5.75 Å². The number of nitrogens with two attached hydrogens (primary N) is 1. The molecule has 0 aliphatic heterocycles. The fourth-order valence-electron chi connectivity index (χ4n) is 4.05. The van der Waals surface area contributed by atoms with Crippen LogP contribution in [0.4, 0.5) is 5.82 Å². The Morgan fingerprint density at radius 3 is 2.50 bits per heavy atom. The van der Waals surface area contributed by atoms with Crippen molar-refractivity contribution in [3.8, 4) is 11.1 Å². The van der Waals surface area contributed by atoms with Crippen molar-refractivity contribution in [2.75, 3.05) is 32.2 Å². The molecule has 0 aliphatic rings. The molecule has 0 aliphatic carbocycles. The van der Waals surface area contributed by atoms with Crippen molar-refractivity contribution in [3.05, 3.63) is 54.4 Å². The quantitative estimate of drug-likeness (QED) is 0.343. The van der Waals surface area contributed by atoms with Crippen molar-refractivity contribution in [2.45, 2.75) is 32.9 Å². The molecule has 180 valence electrons. The number of aromatic nitrogens is 3. The Kier molecular flexibility index (Phi) is 7.16. The van der Waals surface area contributed by atoms with Crippen LogP contribution in [-0.2, 0) is 27.9 Å². The second kappa shape index (κ2) is 10.1. The Hall–Kier alpha value is -3.01. The number of nitrogens with zero attached hydrogens (tertiary/aromatic N) is 4. The van der Waals surface area contributed by atoms with E-state index in [2.05, 4.69) is 33.8 Å². The summed E-state index contributed by atoms with van der Waals surface area (Å²) in [5.74, 6) is 1.25. The molecular formula is C25H31N5O3S. The summed E-state index contributed by atoms with van der Waals surface area (Å²) in [7, 11) is -0.105. The van der Waals surface area contributed by atoms with E-state index in [0.29, 0.717) is 43.9 Å². The summed E-state index contributed by atoms with van der Waals surface area (Å²) in [6.07, 6.45) is 1.23. The van der Waals surface area contributed by atoms with Gasteiger partial charge in [-0.3, -0.25) is 0 Å². The van der Waals surface area contributed by atoms with Gasteiger partial charge in [-0.25, -0.2) is 22.7 Å². The van der Waals surface area contributed by atoms with E-state index in [1.165, 1.54) is 4.31 Å². The van der Waals surface area contributed by atoms with Crippen molar-refractivity contribution in [2.24, 2.45) is 0 Å². The highest BCUT2D eigenvalue weighted by Crippen LogP contribution is 2.32. The number of ether oxygens (including phenoxy) is 1. The van der Waals surface area contributed by atoms with Crippen molar-refractivity contribution in [1.82, 2.24) is 18.8 Å². The van der Waals surface area contributed by atoms with Crippen LogP contribution < -0.4 is 5.73 Å². The normalized spacial score (nSPS) is 12.2. The van der Waals surface area contributed by atoms with E-state index >= 15 is 0 Å². The lowest BCUT2D eigenvalue weighted by atomic mass is 10.0. The lowest BCUT2D eigenvalue weighted by molar-refractivity contribution is 0.126. The summed E-state index contributed by atoms with van der Waals surface area (Å²) < 4.78 is 33.3. The van der Waals surface area contributed by atoms with Crippen LogP contribution in [0.5, 0.6) is 0 Å². The van der Waals surface area contributed by atoms with Crippen molar-refractivity contribution < 1.29 is 13.2 Å². The number of benzene rings is 2. The SMILES string of the molecule is CCOCc1nc2c(N)nc3cc(-c4ccccc4)ccc3c2n1CCCCS(=O)(=O)N(C)C. The minimum absolute atomic E-state index is 0.109. The predicted octanol–water partition coefficient (Wildman–Crippen LogP) is 4.04. The van der Waals surface area contributed by atoms with Crippen LogP contribution in [0.3, 0.4) is 0 Å². The molecule has 0 saturated carbocycles. The zero-order chi connectivity index (χ0) is 24.3. The first kappa shape index (κ1) is 24.1. The fourth-order valence-corrected chi connectivity index (χ4v) is 4.98. The summed E-state index contributed by atoms with van der Waals surface area (Å²) in [5.41, 5.74) is 10.9. The predicted molar refractivity (Wildman–Crippen MR) is 137 cm³/mol. The Morgan fingerprint density at radius 1 is 1.03 bits per heavy atom. The van der Waals surface area contributed by atoms with Crippen molar-refractivity contribution >= 4 is 37.8 Å². The first-order valence-corrected chi connectivity index (χ1v) is 13.0. The number of sulfonamides is 1. The topological polar surface area (TPSA) is 103 Å². The molecule has 2 aromatic heterocycles. The number of rotatable bonds is 10. The molecule has 0 unspecified atom stereocenters. The molecule has 8 nitrogen and oxygen atoms in total. The van der Waals surface area contributed by atoms with E-state index in [9.17, 15) is 8.42 Å². The third kappa shape index (κ3) is 4.91. The molecule has 9 heteroatoms. The van der Waals surface area contributed by atoms with Gasteiger partial charge in [-0.1, -0.05) is 42.5 Å². The molecular weight excluding hydrogens is 450 g/mol. The summed E-state index contributed by atoms with van der Waals surface area (Å²) in [4.78, 5) is 9.41. The number of pyridine rings is 1. The monoisotopic (exact) mass is 481 g/mol. The van der Waals surface area contributed by atoms with Crippen LogP contribution in [-0.4, -0.2) is 53.7 Å². The van der Waals surface area contributed by atoms with Gasteiger partial charge in [-0.2, -0.15) is 0 Å².